The zero-order valence-electron chi connectivity index (χ0n) is 61.8. The SMILES string of the molecule is CC[C@H](C)[C@@H](NC(=O)[C@@H](NC(=O)[C@H](CCC(=O)O)NC(=O)[C@H](Cc1cccc2ccccc12)NC(=O)[C@@H](CCN)NC(=O)[C@H](CCN)NC(=O)[C@H](CO)NC(=O)[C@@H](Cc1c[nH]c2ccccc12)NC(=O)[C@@H](CO)NC(=O)CNC(=O)[C@@H](CCN)NC(=O)[C@H](NC(=O)[C@H](C)N)C(C)C)C(C)C)C(=O)N[C@@H](C)C(=O)O. The van der Waals surface area contributed by atoms with Crippen molar-refractivity contribution < 1.29 is 92.3 Å². The standard InChI is InChI=1S/C71H106N18O19/c1-9-37(6)58(70(106)78-39(8)71(107)108)89-69(105)57(36(4)5)88-63(99)46(21-22-55(93)94)80-64(100)50(29-41-17-14-16-40-15-10-11-18-43(40)41)84-62(98)49(25-28-74)81-61(97)48(24-27-73)82-67(103)53(34-91)86-65(101)51(30-42-31-76-45-20-13-12-19-44(42)45)85-66(102)52(33-90)79-54(92)32-77-60(96)47(23-26-72)83-68(104)56(35(2)3)87-59(95)38(7)75/h10-20,31,35-39,46-53,56-58,76,90-91H,9,21-30,32-34,72-75H2,1-8H3,(H,77,96)(H,78,106)(H,79,92)(H,80,100)(H,81,97)(H,82,103)(H,83,104)(H,84,98)(H,85,102)(H,86,101)(H,87,95)(H,88,99)(H,89,105)(H,93,94)(H,107,108)/t37-,38-,39-,46-,47+,48-,49+,50-,51+,52+,53-,56+,57-,58+/m0/s1. The molecule has 0 unspecified atom stereocenters. The Morgan fingerprint density at radius 2 is 0.815 bits per heavy atom. The number of fused-ring (bicyclic) bond motifs is 2. The van der Waals surface area contributed by atoms with E-state index < -0.39 is 218 Å². The topological polar surface area (TPSA) is 613 Å². The van der Waals surface area contributed by atoms with E-state index in [0.717, 1.165) is 5.39 Å². The van der Waals surface area contributed by atoms with Gasteiger partial charge in [0.25, 0.3) is 0 Å². The number of hydrogen-bond acceptors (Lipinski definition) is 21. The number of aliphatic hydroxyl groups is 2. The van der Waals surface area contributed by atoms with Gasteiger partial charge >= 0.3 is 11.9 Å². The average Bonchev–Trinajstić information content (AvgIpc) is 1.40. The number of carboxylic acid groups (broad SMARTS) is 2. The maximum Gasteiger partial charge on any atom is 0.325 e. The molecule has 108 heavy (non-hydrogen) atoms. The van der Waals surface area contributed by atoms with Crippen molar-refractivity contribution in [1.82, 2.24) is 74.1 Å². The second kappa shape index (κ2) is 44.4. The number of aromatic nitrogens is 1. The lowest BCUT2D eigenvalue weighted by atomic mass is 9.96. The van der Waals surface area contributed by atoms with Gasteiger partial charge in [0.2, 0.25) is 76.8 Å². The van der Waals surface area contributed by atoms with Crippen molar-refractivity contribution >= 4 is 110 Å². The molecule has 0 aliphatic rings. The van der Waals surface area contributed by atoms with Crippen molar-refractivity contribution in [1.29, 1.82) is 0 Å². The molecule has 0 bridgehead atoms. The molecular formula is C71H106N18O19. The number of aliphatic carboxylic acids is 2. The molecule has 1 aromatic heterocycles. The molecule has 37 heteroatoms. The van der Waals surface area contributed by atoms with Gasteiger partial charge in [-0.05, 0) is 105 Å². The van der Waals surface area contributed by atoms with Gasteiger partial charge in [-0.15, -0.1) is 0 Å². The van der Waals surface area contributed by atoms with E-state index in [-0.39, 0.29) is 51.7 Å². The van der Waals surface area contributed by atoms with Gasteiger partial charge in [0.15, 0.2) is 0 Å². The molecule has 0 fully saturated rings. The summed E-state index contributed by atoms with van der Waals surface area (Å²) >= 11 is 0. The van der Waals surface area contributed by atoms with Crippen LogP contribution >= 0.6 is 0 Å². The van der Waals surface area contributed by atoms with Gasteiger partial charge in [-0.3, -0.25) is 71.9 Å². The summed E-state index contributed by atoms with van der Waals surface area (Å²) < 4.78 is 0. The summed E-state index contributed by atoms with van der Waals surface area (Å²) in [7, 11) is 0. The quantitative estimate of drug-likeness (QED) is 0.0197. The van der Waals surface area contributed by atoms with Crippen LogP contribution in [0, 0.1) is 17.8 Å². The first kappa shape index (κ1) is 89.7. The second-order valence-corrected chi connectivity index (χ2v) is 26.9. The third-order valence-corrected chi connectivity index (χ3v) is 17.7. The number of carbonyl (C=O) groups is 15. The maximum absolute atomic E-state index is 14.8. The van der Waals surface area contributed by atoms with Gasteiger partial charge in [-0.2, -0.15) is 0 Å². The molecule has 0 saturated heterocycles. The predicted octanol–water partition coefficient (Wildman–Crippen LogP) is -5.25. The van der Waals surface area contributed by atoms with Crippen LogP contribution < -0.4 is 92.1 Å². The van der Waals surface area contributed by atoms with E-state index in [1.807, 2.05) is 0 Å². The molecule has 14 atom stereocenters. The fourth-order valence-electron chi connectivity index (χ4n) is 11.2. The lowest BCUT2D eigenvalue weighted by molar-refractivity contribution is -0.142. The summed E-state index contributed by atoms with van der Waals surface area (Å²) in [5.74, 6) is -16.9. The van der Waals surface area contributed by atoms with Crippen LogP contribution in [0.1, 0.15) is 105 Å². The number of rotatable bonds is 46. The third kappa shape index (κ3) is 27.6. The minimum atomic E-state index is -1.88. The first-order valence-electron chi connectivity index (χ1n) is 35.6. The van der Waals surface area contributed by atoms with E-state index in [0.29, 0.717) is 33.8 Å². The number of nitrogens with two attached hydrogens (primary N) is 4. The normalized spacial score (nSPS) is 15.2. The second-order valence-electron chi connectivity index (χ2n) is 26.9. The number of benzene rings is 3. The molecular weight excluding hydrogens is 1410 g/mol. The molecule has 0 radical (unpaired) electrons. The Kier molecular flexibility index (Phi) is 36.9. The molecule has 0 aliphatic carbocycles. The molecule has 0 spiro atoms. The Morgan fingerprint density at radius 3 is 1.31 bits per heavy atom. The van der Waals surface area contributed by atoms with Crippen LogP contribution in [0.25, 0.3) is 21.7 Å². The number of H-pyrrole nitrogens is 1. The molecule has 1 heterocycles. The molecule has 4 aromatic rings. The number of nitrogens with one attached hydrogen (secondary N) is 14. The molecule has 13 amide bonds. The Labute approximate surface area is 624 Å². The van der Waals surface area contributed by atoms with Crippen molar-refractivity contribution in [3.8, 4) is 0 Å². The van der Waals surface area contributed by atoms with Gasteiger partial charge in [0.05, 0.1) is 25.8 Å². The number of carboxylic acids is 2. The fraction of sp³-hybridized carbons (Fsp3) is 0.535. The molecule has 0 aliphatic heterocycles. The predicted molar refractivity (Wildman–Crippen MR) is 394 cm³/mol. The minimum absolute atomic E-state index is 0.0988. The summed E-state index contributed by atoms with van der Waals surface area (Å²) in [6, 6.07) is -0.195. The highest BCUT2D eigenvalue weighted by Crippen LogP contribution is 2.22. The van der Waals surface area contributed by atoms with Crippen LogP contribution in [-0.4, -0.2) is 232 Å². The Morgan fingerprint density at radius 1 is 0.417 bits per heavy atom. The van der Waals surface area contributed by atoms with Crippen molar-refractivity contribution in [2.45, 2.75) is 185 Å². The molecule has 0 saturated carbocycles. The largest absolute Gasteiger partial charge is 0.481 e. The summed E-state index contributed by atoms with van der Waals surface area (Å²) in [6.45, 7) is 8.81. The number of aromatic amines is 1. The van der Waals surface area contributed by atoms with E-state index in [9.17, 15) is 92.3 Å². The van der Waals surface area contributed by atoms with Gasteiger partial charge in [-0.25, -0.2) is 0 Å². The van der Waals surface area contributed by atoms with Gasteiger partial charge in [0.1, 0.15) is 72.5 Å². The van der Waals surface area contributed by atoms with Crippen LogP contribution in [0.5, 0.6) is 0 Å². The number of para-hydroxylation sites is 1. The van der Waals surface area contributed by atoms with Crippen molar-refractivity contribution in [3.05, 3.63) is 84.1 Å². The zero-order valence-corrected chi connectivity index (χ0v) is 61.8. The van der Waals surface area contributed by atoms with E-state index in [1.165, 1.54) is 20.0 Å². The number of amides is 13. The Hall–Kier alpha value is -10.7. The van der Waals surface area contributed by atoms with Crippen LogP contribution in [0.4, 0.5) is 0 Å². The average molecular weight is 1520 g/mol. The number of hydrogen-bond donors (Lipinski definition) is 22. The maximum atomic E-state index is 14.8. The highest BCUT2D eigenvalue weighted by Gasteiger charge is 2.38. The van der Waals surface area contributed by atoms with Crippen LogP contribution in [0.15, 0.2) is 72.9 Å². The van der Waals surface area contributed by atoms with Crippen molar-refractivity contribution in [2.75, 3.05) is 39.4 Å². The molecule has 37 nitrogen and oxygen atoms in total. The lowest BCUT2D eigenvalue weighted by Crippen LogP contribution is -2.62. The monoisotopic (exact) mass is 1510 g/mol. The Balaban J connectivity index is 1.58. The van der Waals surface area contributed by atoms with Gasteiger partial charge in [-0.1, -0.05) is 109 Å². The lowest BCUT2D eigenvalue weighted by Gasteiger charge is -2.30. The third-order valence-electron chi connectivity index (χ3n) is 17.7. The van der Waals surface area contributed by atoms with E-state index >= 15 is 0 Å². The van der Waals surface area contributed by atoms with Gasteiger partial charge in [0, 0.05) is 36.4 Å². The van der Waals surface area contributed by atoms with E-state index in [1.54, 1.807) is 108 Å². The fourth-order valence-corrected chi connectivity index (χ4v) is 11.2. The molecule has 26 N–H and O–H groups in total. The van der Waals surface area contributed by atoms with Gasteiger partial charge < -0.3 is 117 Å². The minimum Gasteiger partial charge on any atom is -0.481 e. The molecule has 3 aromatic carbocycles. The highest BCUT2D eigenvalue weighted by atomic mass is 16.4. The molecule has 4 rings (SSSR count). The Bertz CT molecular complexity index is 3790. The number of aliphatic hydroxyl groups excluding tert-OH is 2. The first-order valence-corrected chi connectivity index (χ1v) is 35.6. The first-order chi connectivity index (χ1) is 51.1. The summed E-state index contributed by atoms with van der Waals surface area (Å²) in [5.41, 5.74) is 24.9. The van der Waals surface area contributed by atoms with E-state index in [2.05, 4.69) is 74.1 Å². The smallest absolute Gasteiger partial charge is 0.325 e. The van der Waals surface area contributed by atoms with Crippen LogP contribution in [0.2, 0.25) is 0 Å². The van der Waals surface area contributed by atoms with Crippen LogP contribution in [0.3, 0.4) is 0 Å². The summed E-state index contributed by atoms with van der Waals surface area (Å²) in [5, 5.41) is 74.3. The summed E-state index contributed by atoms with van der Waals surface area (Å²) in [4.78, 5) is 207. The van der Waals surface area contributed by atoms with E-state index in [4.69, 9.17) is 22.9 Å². The number of carbonyl (C=O) groups excluding carboxylic acids is 13. The van der Waals surface area contributed by atoms with Crippen molar-refractivity contribution in [3.63, 3.8) is 0 Å². The summed E-state index contributed by atoms with van der Waals surface area (Å²) in [6.07, 6.45) is -0.707. The van der Waals surface area contributed by atoms with Crippen LogP contribution in [-0.2, 0) is 84.8 Å². The highest BCUT2D eigenvalue weighted by molar-refractivity contribution is 6.01. The molecule has 594 valence electrons. The zero-order chi connectivity index (χ0) is 80.6. The van der Waals surface area contributed by atoms with Crippen molar-refractivity contribution in [2.24, 2.45) is 40.7 Å².